The van der Waals surface area contributed by atoms with Crippen LogP contribution in [0, 0.1) is 5.92 Å². The molecule has 0 bridgehead atoms. The van der Waals surface area contributed by atoms with Crippen LogP contribution < -0.4 is 11.1 Å². The van der Waals surface area contributed by atoms with Crippen LogP contribution in [0.15, 0.2) is 24.3 Å². The molecule has 0 saturated heterocycles. The lowest BCUT2D eigenvalue weighted by atomic mass is 10.0. The average Bonchev–Trinajstić information content (AvgIpc) is 2.41. The molecule has 3 nitrogen and oxygen atoms in total. The number of carbonyl (C=O) groups is 1. The van der Waals surface area contributed by atoms with Gasteiger partial charge in [0, 0.05) is 12.5 Å². The molecule has 1 aromatic carbocycles. The Labute approximate surface area is 116 Å². The first-order chi connectivity index (χ1) is 9.34. The number of alkyl halides is 3. The van der Waals surface area contributed by atoms with Crippen molar-refractivity contribution in [3.8, 4) is 0 Å². The van der Waals surface area contributed by atoms with E-state index in [1.54, 1.807) is 6.92 Å². The van der Waals surface area contributed by atoms with Crippen molar-refractivity contribution in [3.63, 3.8) is 0 Å². The second-order valence-corrected chi connectivity index (χ2v) is 4.74. The fraction of sp³-hybridized carbons (Fsp3) is 0.500. The summed E-state index contributed by atoms with van der Waals surface area (Å²) in [6, 6.07) is 4.76. The molecule has 1 atom stereocenters. The number of hydrogen-bond acceptors (Lipinski definition) is 2. The monoisotopic (exact) mass is 288 g/mol. The quantitative estimate of drug-likeness (QED) is 0.845. The van der Waals surface area contributed by atoms with E-state index in [2.05, 4.69) is 5.32 Å². The number of hydrogen-bond donors (Lipinski definition) is 2. The molecule has 0 aliphatic carbocycles. The van der Waals surface area contributed by atoms with Gasteiger partial charge in [-0.1, -0.05) is 19.1 Å². The van der Waals surface area contributed by atoms with Crippen LogP contribution in [-0.2, 0) is 17.5 Å². The highest BCUT2D eigenvalue weighted by molar-refractivity contribution is 5.78. The van der Waals surface area contributed by atoms with Crippen LogP contribution in [0.4, 0.5) is 13.2 Å². The zero-order valence-corrected chi connectivity index (χ0v) is 11.3. The van der Waals surface area contributed by atoms with E-state index in [-0.39, 0.29) is 18.4 Å². The molecule has 0 saturated carbocycles. The number of halogens is 3. The molecule has 3 N–H and O–H groups in total. The lowest BCUT2D eigenvalue weighted by Crippen LogP contribution is -2.29. The fourth-order valence-electron chi connectivity index (χ4n) is 1.73. The summed E-state index contributed by atoms with van der Waals surface area (Å²) in [6.07, 6.45) is -2.86. The standard InChI is InChI=1S/C14H19F3N2O/c1-10(3-2-8-18)13(20)19-9-11-4-6-12(7-5-11)14(15,16)17/h4-7,10H,2-3,8-9,18H2,1H3,(H,19,20). The van der Waals surface area contributed by atoms with Gasteiger partial charge in [-0.3, -0.25) is 4.79 Å². The predicted octanol–water partition coefficient (Wildman–Crippen LogP) is 2.70. The third kappa shape index (κ3) is 5.21. The van der Waals surface area contributed by atoms with E-state index >= 15 is 0 Å². The van der Waals surface area contributed by atoms with Crippen LogP contribution in [0.3, 0.4) is 0 Å². The SMILES string of the molecule is CC(CCCN)C(=O)NCc1ccc(C(F)(F)F)cc1. The minimum absolute atomic E-state index is 0.113. The van der Waals surface area contributed by atoms with E-state index in [0.717, 1.165) is 18.6 Å². The van der Waals surface area contributed by atoms with Gasteiger partial charge < -0.3 is 11.1 Å². The molecule has 0 spiro atoms. The highest BCUT2D eigenvalue weighted by Gasteiger charge is 2.29. The summed E-state index contributed by atoms with van der Waals surface area (Å²) < 4.78 is 37.1. The number of rotatable bonds is 6. The molecule has 0 aliphatic heterocycles. The van der Waals surface area contributed by atoms with E-state index < -0.39 is 11.7 Å². The third-order valence-corrected chi connectivity index (χ3v) is 3.04. The summed E-state index contributed by atoms with van der Waals surface area (Å²) in [4.78, 5) is 11.7. The second-order valence-electron chi connectivity index (χ2n) is 4.74. The molecule has 1 aromatic rings. The average molecular weight is 288 g/mol. The van der Waals surface area contributed by atoms with E-state index in [1.165, 1.54) is 12.1 Å². The van der Waals surface area contributed by atoms with Crippen LogP contribution >= 0.6 is 0 Å². The Balaban J connectivity index is 2.48. The smallest absolute Gasteiger partial charge is 0.352 e. The van der Waals surface area contributed by atoms with Gasteiger partial charge in [0.1, 0.15) is 0 Å². The number of amides is 1. The maximum Gasteiger partial charge on any atom is 0.416 e. The lowest BCUT2D eigenvalue weighted by Gasteiger charge is -2.12. The van der Waals surface area contributed by atoms with E-state index in [1.807, 2.05) is 0 Å². The van der Waals surface area contributed by atoms with Crippen LogP contribution in [0.1, 0.15) is 30.9 Å². The van der Waals surface area contributed by atoms with Gasteiger partial charge >= 0.3 is 6.18 Å². The zero-order valence-electron chi connectivity index (χ0n) is 11.3. The fourth-order valence-corrected chi connectivity index (χ4v) is 1.73. The van der Waals surface area contributed by atoms with Crippen LogP contribution in [0.5, 0.6) is 0 Å². The van der Waals surface area contributed by atoms with Gasteiger partial charge in [-0.15, -0.1) is 0 Å². The summed E-state index contributed by atoms with van der Waals surface area (Å²) in [5.41, 5.74) is 5.31. The minimum Gasteiger partial charge on any atom is -0.352 e. The molecule has 0 radical (unpaired) electrons. The van der Waals surface area contributed by atoms with Crippen LogP contribution in [-0.4, -0.2) is 12.5 Å². The minimum atomic E-state index is -4.33. The van der Waals surface area contributed by atoms with Crippen molar-refractivity contribution in [1.82, 2.24) is 5.32 Å². The Morgan fingerprint density at radius 2 is 1.90 bits per heavy atom. The molecule has 6 heteroatoms. The van der Waals surface area contributed by atoms with Crippen molar-refractivity contribution in [2.75, 3.05) is 6.54 Å². The summed E-state index contributed by atoms with van der Waals surface area (Å²) in [7, 11) is 0. The Bertz CT molecular complexity index is 429. The number of nitrogens with two attached hydrogens (primary N) is 1. The van der Waals surface area contributed by atoms with Crippen LogP contribution in [0.25, 0.3) is 0 Å². The summed E-state index contributed by atoms with van der Waals surface area (Å²) in [5, 5.41) is 2.70. The maximum absolute atomic E-state index is 12.4. The Kier molecular flexibility index (Phi) is 6.01. The topological polar surface area (TPSA) is 55.1 Å². The van der Waals surface area contributed by atoms with Crippen molar-refractivity contribution in [1.29, 1.82) is 0 Å². The van der Waals surface area contributed by atoms with E-state index in [9.17, 15) is 18.0 Å². The number of carbonyl (C=O) groups excluding carboxylic acids is 1. The van der Waals surface area contributed by atoms with Gasteiger partial charge in [0.05, 0.1) is 5.56 Å². The first kappa shape index (κ1) is 16.5. The molecule has 1 unspecified atom stereocenters. The molecule has 1 rings (SSSR count). The van der Waals surface area contributed by atoms with Gasteiger partial charge in [0.2, 0.25) is 5.91 Å². The molecule has 1 amide bonds. The van der Waals surface area contributed by atoms with Gasteiger partial charge in [-0.05, 0) is 37.1 Å². The second kappa shape index (κ2) is 7.28. The first-order valence-corrected chi connectivity index (χ1v) is 6.48. The molecular formula is C14H19F3N2O. The van der Waals surface area contributed by atoms with Gasteiger partial charge in [-0.2, -0.15) is 13.2 Å². The van der Waals surface area contributed by atoms with E-state index in [0.29, 0.717) is 18.5 Å². The van der Waals surface area contributed by atoms with Crippen molar-refractivity contribution < 1.29 is 18.0 Å². The normalized spacial score (nSPS) is 13.1. The molecule has 20 heavy (non-hydrogen) atoms. The summed E-state index contributed by atoms with van der Waals surface area (Å²) in [6.45, 7) is 2.57. The highest BCUT2D eigenvalue weighted by Crippen LogP contribution is 2.29. The molecule has 112 valence electrons. The number of benzene rings is 1. The molecule has 0 heterocycles. The first-order valence-electron chi connectivity index (χ1n) is 6.48. The van der Waals surface area contributed by atoms with Crippen molar-refractivity contribution in [2.45, 2.75) is 32.5 Å². The maximum atomic E-state index is 12.4. The largest absolute Gasteiger partial charge is 0.416 e. The van der Waals surface area contributed by atoms with Crippen molar-refractivity contribution in [2.24, 2.45) is 11.7 Å². The molecule has 0 fully saturated rings. The molecule has 0 aromatic heterocycles. The highest BCUT2D eigenvalue weighted by atomic mass is 19.4. The van der Waals surface area contributed by atoms with Crippen LogP contribution in [0.2, 0.25) is 0 Å². The Morgan fingerprint density at radius 3 is 2.40 bits per heavy atom. The number of nitrogens with one attached hydrogen (secondary N) is 1. The van der Waals surface area contributed by atoms with Gasteiger partial charge in [0.15, 0.2) is 0 Å². The van der Waals surface area contributed by atoms with Gasteiger partial charge in [0.25, 0.3) is 0 Å². The summed E-state index contributed by atoms with van der Waals surface area (Å²) in [5.74, 6) is -0.258. The Hall–Kier alpha value is -1.56. The molecular weight excluding hydrogens is 269 g/mol. The summed E-state index contributed by atoms with van der Waals surface area (Å²) >= 11 is 0. The lowest BCUT2D eigenvalue weighted by molar-refractivity contribution is -0.137. The third-order valence-electron chi connectivity index (χ3n) is 3.04. The predicted molar refractivity (Wildman–Crippen MR) is 70.7 cm³/mol. The van der Waals surface area contributed by atoms with Crippen molar-refractivity contribution in [3.05, 3.63) is 35.4 Å². The zero-order chi connectivity index (χ0) is 15.2. The van der Waals surface area contributed by atoms with E-state index in [4.69, 9.17) is 5.73 Å². The van der Waals surface area contributed by atoms with Gasteiger partial charge in [-0.25, -0.2) is 0 Å². The Morgan fingerprint density at radius 1 is 1.30 bits per heavy atom. The molecule has 0 aliphatic rings. The van der Waals surface area contributed by atoms with Crippen molar-refractivity contribution >= 4 is 5.91 Å².